The molecule has 0 radical (unpaired) electrons. The van der Waals surface area contributed by atoms with Crippen molar-refractivity contribution in [2.24, 2.45) is 5.73 Å². The van der Waals surface area contributed by atoms with Crippen LogP contribution in [0.25, 0.3) is 0 Å². The van der Waals surface area contributed by atoms with Crippen LogP contribution in [0.2, 0.25) is 0 Å². The highest BCUT2D eigenvalue weighted by molar-refractivity contribution is 7.47. The van der Waals surface area contributed by atoms with Crippen LogP contribution in [0.15, 0.2) is 0 Å². The molecule has 1 amide bonds. The number of hydrogen-bond donors (Lipinski definition) is 5. The van der Waals surface area contributed by atoms with Crippen molar-refractivity contribution in [2.45, 2.75) is 289 Å². The van der Waals surface area contributed by atoms with E-state index in [2.05, 4.69) is 19.2 Å². The Morgan fingerprint density at radius 3 is 1.14 bits per heavy atom. The van der Waals surface area contributed by atoms with Gasteiger partial charge in [0.1, 0.15) is 0 Å². The fourth-order valence-electron chi connectivity index (χ4n) is 8.13. The van der Waals surface area contributed by atoms with Gasteiger partial charge >= 0.3 is 7.82 Å². The number of carbonyl (C=O) groups is 1. The maximum atomic E-state index is 12.9. The SMILES string of the molecule is CCCCCCCCCCCCCCCCCCCCCCCC(O)C(COP(=O)(O)OCCN)NC(=O)CC(O)CCCCCCCCCCCCCCCCCC. The Bertz CT molecular complexity index is 914. The molecular formula is C49H101N2O7P. The van der Waals surface area contributed by atoms with Gasteiger partial charge in [0.25, 0.3) is 0 Å². The molecule has 59 heavy (non-hydrogen) atoms. The lowest BCUT2D eigenvalue weighted by atomic mass is 10.0. The molecule has 0 spiro atoms. The Balaban J connectivity index is 4.11. The van der Waals surface area contributed by atoms with Crippen molar-refractivity contribution < 1.29 is 33.5 Å². The average Bonchev–Trinajstić information content (AvgIpc) is 3.21. The Morgan fingerprint density at radius 1 is 0.508 bits per heavy atom. The minimum atomic E-state index is -4.38. The number of nitrogens with two attached hydrogens (primary N) is 1. The molecule has 0 aliphatic rings. The highest BCUT2D eigenvalue weighted by Crippen LogP contribution is 2.43. The molecule has 0 rings (SSSR count). The van der Waals surface area contributed by atoms with E-state index >= 15 is 0 Å². The predicted octanol–water partition coefficient (Wildman–Crippen LogP) is 13.9. The third kappa shape index (κ3) is 43.9. The van der Waals surface area contributed by atoms with Crippen LogP contribution in [0.5, 0.6) is 0 Å². The van der Waals surface area contributed by atoms with Crippen LogP contribution in [0.3, 0.4) is 0 Å². The Labute approximate surface area is 365 Å². The summed E-state index contributed by atoms with van der Waals surface area (Å²) in [5, 5.41) is 24.3. The van der Waals surface area contributed by atoms with E-state index in [1.54, 1.807) is 0 Å². The lowest BCUT2D eigenvalue weighted by Gasteiger charge is -2.25. The zero-order chi connectivity index (χ0) is 43.3. The number of aliphatic hydroxyl groups excluding tert-OH is 2. The molecule has 354 valence electrons. The molecule has 9 nitrogen and oxygen atoms in total. The van der Waals surface area contributed by atoms with E-state index in [0.717, 1.165) is 38.5 Å². The fourth-order valence-corrected chi connectivity index (χ4v) is 8.88. The van der Waals surface area contributed by atoms with Crippen molar-refractivity contribution in [1.82, 2.24) is 5.32 Å². The van der Waals surface area contributed by atoms with Crippen LogP contribution < -0.4 is 11.1 Å². The van der Waals surface area contributed by atoms with Crippen LogP contribution in [-0.4, -0.2) is 59.0 Å². The lowest BCUT2D eigenvalue weighted by Crippen LogP contribution is -2.47. The number of nitrogens with one attached hydrogen (secondary N) is 1. The first-order valence-corrected chi connectivity index (χ1v) is 27.2. The first-order valence-electron chi connectivity index (χ1n) is 25.7. The average molecular weight is 861 g/mol. The van der Waals surface area contributed by atoms with Crippen LogP contribution in [0, 0.1) is 0 Å². The highest BCUT2D eigenvalue weighted by Gasteiger charge is 2.28. The van der Waals surface area contributed by atoms with E-state index in [4.69, 9.17) is 14.8 Å². The summed E-state index contributed by atoms with van der Waals surface area (Å²) in [6.45, 7) is 4.10. The second kappa shape index (κ2) is 45.5. The number of unbranched alkanes of at least 4 members (excludes halogenated alkanes) is 35. The minimum Gasteiger partial charge on any atom is -0.393 e. The third-order valence-electron chi connectivity index (χ3n) is 12.0. The maximum absolute atomic E-state index is 12.9. The van der Waals surface area contributed by atoms with Crippen LogP contribution >= 0.6 is 7.82 Å². The number of phosphoric acid groups is 1. The minimum absolute atomic E-state index is 0.0630. The second-order valence-electron chi connectivity index (χ2n) is 17.9. The van der Waals surface area contributed by atoms with E-state index in [0.29, 0.717) is 12.8 Å². The van der Waals surface area contributed by atoms with E-state index < -0.39 is 32.0 Å². The van der Waals surface area contributed by atoms with Gasteiger partial charge in [0.2, 0.25) is 5.91 Å². The van der Waals surface area contributed by atoms with Crippen molar-refractivity contribution in [2.75, 3.05) is 19.8 Å². The molecule has 0 fully saturated rings. The number of carbonyl (C=O) groups excluding carboxylic acids is 1. The number of phosphoric ester groups is 1. The first kappa shape index (κ1) is 58.5. The van der Waals surface area contributed by atoms with E-state index in [1.165, 1.54) is 199 Å². The zero-order valence-corrected chi connectivity index (χ0v) is 40.0. The van der Waals surface area contributed by atoms with Gasteiger partial charge in [0, 0.05) is 6.54 Å². The van der Waals surface area contributed by atoms with Gasteiger partial charge in [-0.15, -0.1) is 0 Å². The molecule has 0 aliphatic heterocycles. The quantitative estimate of drug-likeness (QED) is 0.0300. The van der Waals surface area contributed by atoms with Gasteiger partial charge in [0.15, 0.2) is 0 Å². The molecule has 6 N–H and O–H groups in total. The summed E-state index contributed by atoms with van der Waals surface area (Å²) >= 11 is 0. The van der Waals surface area contributed by atoms with Gasteiger partial charge < -0.3 is 26.2 Å². The number of rotatable bonds is 49. The maximum Gasteiger partial charge on any atom is 0.472 e. The molecule has 0 saturated carbocycles. The Morgan fingerprint density at radius 2 is 0.814 bits per heavy atom. The number of aliphatic hydroxyl groups is 2. The Kier molecular flexibility index (Phi) is 45.1. The molecule has 0 bridgehead atoms. The molecule has 0 aromatic rings. The standard InChI is InChI=1S/C49H101N2O7P/c1-3-5-7-9-11-13-15-17-19-21-22-23-24-25-27-29-31-33-35-37-39-41-48(53)47(45-58-59(55,56)57-43-42-50)51-49(54)44-46(52)40-38-36-34-32-30-28-26-20-18-16-14-12-10-8-6-4-2/h46-48,52-53H,3-45,50H2,1-2H3,(H,51,54)(H,55,56). The van der Waals surface area contributed by atoms with E-state index in [-0.39, 0.29) is 26.2 Å². The molecule has 0 aromatic heterocycles. The van der Waals surface area contributed by atoms with Gasteiger partial charge in [-0.1, -0.05) is 251 Å². The van der Waals surface area contributed by atoms with Gasteiger partial charge in [-0.25, -0.2) is 4.57 Å². The van der Waals surface area contributed by atoms with Crippen molar-refractivity contribution in [3.63, 3.8) is 0 Å². The summed E-state index contributed by atoms with van der Waals surface area (Å²) in [7, 11) is -4.38. The number of amides is 1. The largest absolute Gasteiger partial charge is 0.472 e. The smallest absolute Gasteiger partial charge is 0.393 e. The molecule has 4 unspecified atom stereocenters. The van der Waals surface area contributed by atoms with Crippen molar-refractivity contribution in [3.8, 4) is 0 Å². The molecule has 0 aromatic carbocycles. The molecule has 0 heterocycles. The third-order valence-corrected chi connectivity index (χ3v) is 13.0. The van der Waals surface area contributed by atoms with Gasteiger partial charge in [-0.2, -0.15) is 0 Å². The zero-order valence-electron chi connectivity index (χ0n) is 39.1. The normalized spacial score (nSPS) is 14.3. The van der Waals surface area contributed by atoms with Gasteiger partial charge in [0.05, 0.1) is 37.9 Å². The molecule has 0 saturated heterocycles. The molecule has 10 heteroatoms. The van der Waals surface area contributed by atoms with Crippen molar-refractivity contribution >= 4 is 13.7 Å². The van der Waals surface area contributed by atoms with E-state index in [1.807, 2.05) is 0 Å². The Hall–Kier alpha value is -0.540. The van der Waals surface area contributed by atoms with E-state index in [9.17, 15) is 24.5 Å². The summed E-state index contributed by atoms with van der Waals surface area (Å²) < 4.78 is 22.2. The summed E-state index contributed by atoms with van der Waals surface area (Å²) in [6, 6.07) is -0.891. The highest BCUT2D eigenvalue weighted by atomic mass is 31.2. The molecule has 0 aliphatic carbocycles. The van der Waals surface area contributed by atoms with Crippen molar-refractivity contribution in [1.29, 1.82) is 0 Å². The van der Waals surface area contributed by atoms with Gasteiger partial charge in [-0.05, 0) is 12.8 Å². The monoisotopic (exact) mass is 861 g/mol. The van der Waals surface area contributed by atoms with Crippen LogP contribution in [0.1, 0.15) is 271 Å². The molecule has 4 atom stereocenters. The van der Waals surface area contributed by atoms with Crippen LogP contribution in [0.4, 0.5) is 0 Å². The molecular weight excluding hydrogens is 760 g/mol. The summed E-state index contributed by atoms with van der Waals surface area (Å²) in [5.41, 5.74) is 5.39. The predicted molar refractivity (Wildman–Crippen MR) is 251 cm³/mol. The first-order chi connectivity index (χ1) is 28.8. The van der Waals surface area contributed by atoms with Crippen molar-refractivity contribution in [3.05, 3.63) is 0 Å². The second-order valence-corrected chi connectivity index (χ2v) is 19.4. The summed E-state index contributed by atoms with van der Waals surface area (Å²) in [5.74, 6) is -0.406. The summed E-state index contributed by atoms with van der Waals surface area (Å²) in [6.07, 6.45) is 47.2. The lowest BCUT2D eigenvalue weighted by molar-refractivity contribution is -0.125. The van der Waals surface area contributed by atoms with Gasteiger partial charge in [-0.3, -0.25) is 13.8 Å². The van der Waals surface area contributed by atoms with Crippen LogP contribution in [-0.2, 0) is 18.4 Å². The summed E-state index contributed by atoms with van der Waals surface area (Å²) in [4.78, 5) is 22.9. The topological polar surface area (TPSA) is 151 Å². The number of hydrogen-bond acceptors (Lipinski definition) is 7. The fraction of sp³-hybridized carbons (Fsp3) is 0.980.